The Labute approximate surface area is 90.4 Å². The highest BCUT2D eigenvalue weighted by atomic mass is 14.9. The maximum Gasteiger partial charge on any atom is 0.213 e. The second-order valence-corrected chi connectivity index (χ2v) is 3.75. The molecule has 1 aliphatic carbocycles. The van der Waals surface area contributed by atoms with Crippen molar-refractivity contribution in [3.63, 3.8) is 0 Å². The quantitative estimate of drug-likeness (QED) is 0.480. The lowest BCUT2D eigenvalue weighted by Crippen LogP contribution is -2.36. The lowest BCUT2D eigenvalue weighted by Gasteiger charge is -2.06. The van der Waals surface area contributed by atoms with Crippen molar-refractivity contribution in [3.05, 3.63) is 58.8 Å². The first kappa shape index (κ1) is 9.73. The fourth-order valence-electron chi connectivity index (χ4n) is 1.71. The number of aryl methyl sites for hydroxylation is 1. The van der Waals surface area contributed by atoms with Crippen LogP contribution in [0.4, 0.5) is 0 Å². The second kappa shape index (κ2) is 3.74. The lowest BCUT2D eigenvalue weighted by atomic mass is 10.0. The Morgan fingerprint density at radius 3 is 2.73 bits per heavy atom. The smallest absolute Gasteiger partial charge is 0.199 e. The summed E-state index contributed by atoms with van der Waals surface area (Å²) in [4.78, 5) is 0. The molecule has 0 aliphatic heterocycles. The fourth-order valence-corrected chi connectivity index (χ4v) is 1.71. The molecule has 0 aromatic carbocycles. The Morgan fingerprint density at radius 1 is 1.20 bits per heavy atom. The van der Waals surface area contributed by atoms with Gasteiger partial charge in [0.15, 0.2) is 5.69 Å². The van der Waals surface area contributed by atoms with Gasteiger partial charge in [0.05, 0.1) is 5.57 Å². The molecule has 0 radical (unpaired) electrons. The minimum atomic E-state index is 1.14. The van der Waals surface area contributed by atoms with Gasteiger partial charge >= 0.3 is 0 Å². The van der Waals surface area contributed by atoms with E-state index in [0.717, 1.165) is 5.57 Å². The summed E-state index contributed by atoms with van der Waals surface area (Å²) in [5.74, 6) is 0. The highest BCUT2D eigenvalue weighted by Gasteiger charge is 2.15. The molecule has 1 aliphatic rings. The van der Waals surface area contributed by atoms with Gasteiger partial charge in [0, 0.05) is 24.6 Å². The molecule has 1 aromatic heterocycles. The van der Waals surface area contributed by atoms with Crippen LogP contribution in [0.3, 0.4) is 0 Å². The molecule has 15 heavy (non-hydrogen) atoms. The first-order valence-corrected chi connectivity index (χ1v) is 5.05. The molecule has 0 atom stereocenters. The van der Waals surface area contributed by atoms with E-state index in [1.54, 1.807) is 0 Å². The average molecular weight is 196 g/mol. The molecule has 1 heterocycles. The van der Waals surface area contributed by atoms with Gasteiger partial charge in [-0.1, -0.05) is 11.5 Å². The van der Waals surface area contributed by atoms with Gasteiger partial charge in [0.2, 0.25) is 5.69 Å². The van der Waals surface area contributed by atoms with Crippen molar-refractivity contribution in [2.75, 3.05) is 0 Å². The van der Waals surface area contributed by atoms with Crippen LogP contribution >= 0.6 is 0 Å². The van der Waals surface area contributed by atoms with Gasteiger partial charge in [0.25, 0.3) is 0 Å². The Kier molecular flexibility index (Phi) is 2.43. The van der Waals surface area contributed by atoms with Crippen molar-refractivity contribution < 1.29 is 4.57 Å². The van der Waals surface area contributed by atoms with Gasteiger partial charge in [-0.05, 0) is 25.1 Å². The second-order valence-electron chi connectivity index (χ2n) is 3.75. The van der Waals surface area contributed by atoms with Gasteiger partial charge < -0.3 is 0 Å². The van der Waals surface area contributed by atoms with Gasteiger partial charge in [-0.3, -0.25) is 0 Å². The van der Waals surface area contributed by atoms with Crippen molar-refractivity contribution in [2.45, 2.75) is 13.8 Å². The molecule has 0 unspecified atom stereocenters. The van der Waals surface area contributed by atoms with Crippen molar-refractivity contribution in [2.24, 2.45) is 7.05 Å². The zero-order chi connectivity index (χ0) is 10.8. The summed E-state index contributed by atoms with van der Waals surface area (Å²) in [7, 11) is 2.08. The van der Waals surface area contributed by atoms with Gasteiger partial charge in [-0.25, -0.2) is 0 Å². The molecule has 74 valence electrons. The SMILES string of the molecule is CC1=C=C=CC=C1c1cccc(C)[n+]1C. The van der Waals surface area contributed by atoms with E-state index in [-0.39, 0.29) is 0 Å². The highest BCUT2D eigenvalue weighted by molar-refractivity contribution is 5.76. The predicted octanol–water partition coefficient (Wildman–Crippen LogP) is 2.47. The van der Waals surface area contributed by atoms with Crippen LogP contribution in [0.2, 0.25) is 0 Å². The molecular weight excluding hydrogens is 182 g/mol. The third-order valence-corrected chi connectivity index (χ3v) is 2.75. The van der Waals surface area contributed by atoms with E-state index in [4.69, 9.17) is 0 Å². The van der Waals surface area contributed by atoms with Crippen LogP contribution in [0.25, 0.3) is 5.57 Å². The summed E-state index contributed by atoms with van der Waals surface area (Å²) in [6, 6.07) is 6.32. The predicted molar refractivity (Wildman–Crippen MR) is 61.1 cm³/mol. The van der Waals surface area contributed by atoms with Crippen LogP contribution in [0.15, 0.2) is 47.4 Å². The zero-order valence-electron chi connectivity index (χ0n) is 9.33. The number of allylic oxidation sites excluding steroid dienone is 4. The minimum Gasteiger partial charge on any atom is -0.199 e. The minimum absolute atomic E-state index is 1.14. The number of nitrogens with zero attached hydrogens (tertiary/aromatic N) is 1. The maximum atomic E-state index is 3.11. The van der Waals surface area contributed by atoms with E-state index < -0.39 is 0 Å². The van der Waals surface area contributed by atoms with Crippen LogP contribution < -0.4 is 4.57 Å². The van der Waals surface area contributed by atoms with Crippen molar-refractivity contribution in [1.29, 1.82) is 0 Å². The summed E-state index contributed by atoms with van der Waals surface area (Å²) < 4.78 is 2.19. The molecule has 0 saturated heterocycles. The number of pyridine rings is 1. The molecule has 0 saturated carbocycles. The number of aromatic nitrogens is 1. The van der Waals surface area contributed by atoms with Crippen LogP contribution in [0, 0.1) is 6.92 Å². The molecule has 0 bridgehead atoms. The first-order chi connectivity index (χ1) is 7.20. The topological polar surface area (TPSA) is 3.88 Å². The largest absolute Gasteiger partial charge is 0.213 e. The van der Waals surface area contributed by atoms with Crippen LogP contribution in [-0.4, -0.2) is 0 Å². The van der Waals surface area contributed by atoms with Crippen LogP contribution in [0.5, 0.6) is 0 Å². The van der Waals surface area contributed by atoms with Crippen LogP contribution in [0.1, 0.15) is 18.3 Å². The van der Waals surface area contributed by atoms with Gasteiger partial charge in [-0.15, -0.1) is 0 Å². The Bertz CT molecular complexity index is 534. The fraction of sp³-hybridized carbons (Fsp3) is 0.214. The zero-order valence-corrected chi connectivity index (χ0v) is 9.33. The highest BCUT2D eigenvalue weighted by Crippen LogP contribution is 2.20. The van der Waals surface area contributed by atoms with E-state index in [2.05, 4.69) is 61.2 Å². The van der Waals surface area contributed by atoms with Crippen molar-refractivity contribution in [1.82, 2.24) is 0 Å². The molecule has 0 amide bonds. The van der Waals surface area contributed by atoms with E-state index in [9.17, 15) is 0 Å². The molecular formula is C14H14N+. The normalized spacial score (nSPS) is 13.8. The van der Waals surface area contributed by atoms with E-state index in [1.807, 2.05) is 6.08 Å². The van der Waals surface area contributed by atoms with Crippen molar-refractivity contribution in [3.8, 4) is 0 Å². The maximum absolute atomic E-state index is 3.11. The van der Waals surface area contributed by atoms with E-state index in [1.165, 1.54) is 17.0 Å². The molecule has 0 fully saturated rings. The van der Waals surface area contributed by atoms with E-state index in [0.29, 0.717) is 0 Å². The number of rotatable bonds is 1. The standard InChI is InChI=1S/C14H14N/c1-11-7-4-5-9-13(11)14-10-6-8-12(2)15(14)3/h5-6,8-10H,1-3H3/q+1. The average Bonchev–Trinajstić information content (AvgIpc) is 2.23. The van der Waals surface area contributed by atoms with Gasteiger partial charge in [-0.2, -0.15) is 4.57 Å². The summed E-state index contributed by atoms with van der Waals surface area (Å²) >= 11 is 0. The molecule has 0 N–H and O–H groups in total. The third kappa shape index (κ3) is 1.71. The summed E-state index contributed by atoms with van der Waals surface area (Å²) in [5.41, 5.74) is 10.9. The summed E-state index contributed by atoms with van der Waals surface area (Å²) in [6.45, 7) is 4.17. The monoisotopic (exact) mass is 196 g/mol. The van der Waals surface area contributed by atoms with E-state index >= 15 is 0 Å². The third-order valence-electron chi connectivity index (χ3n) is 2.75. The van der Waals surface area contributed by atoms with Crippen molar-refractivity contribution >= 4 is 5.57 Å². The molecule has 1 heteroatoms. The Morgan fingerprint density at radius 2 is 2.00 bits per heavy atom. The molecule has 1 nitrogen and oxygen atoms in total. The van der Waals surface area contributed by atoms with Gasteiger partial charge in [0.1, 0.15) is 7.05 Å². The summed E-state index contributed by atoms with van der Waals surface area (Å²) in [6.07, 6.45) is 3.99. The number of hydrogen-bond donors (Lipinski definition) is 0. The lowest BCUT2D eigenvalue weighted by molar-refractivity contribution is -0.679. The molecule has 1 aromatic rings. The van der Waals surface area contributed by atoms with Crippen LogP contribution in [-0.2, 0) is 7.05 Å². The summed E-state index contributed by atoms with van der Waals surface area (Å²) in [5, 5.41) is 0. The Balaban J connectivity index is 2.58. The Hall–Kier alpha value is -1.81. The first-order valence-electron chi connectivity index (χ1n) is 5.05. The molecule has 2 rings (SSSR count). The molecule has 0 spiro atoms. The number of hydrogen-bond acceptors (Lipinski definition) is 0.